The highest BCUT2D eigenvalue weighted by molar-refractivity contribution is 7.15. The predicted octanol–water partition coefficient (Wildman–Crippen LogP) is 2.16. The Labute approximate surface area is 115 Å². The van der Waals surface area contributed by atoms with Crippen LogP contribution in [-0.4, -0.2) is 40.6 Å². The third-order valence-corrected chi connectivity index (χ3v) is 3.60. The fraction of sp³-hybridized carbons (Fsp3) is 0.385. The molecule has 0 aliphatic heterocycles. The average molecular weight is 280 g/mol. The zero-order valence-electron chi connectivity index (χ0n) is 11.1. The normalized spacial score (nSPS) is 12.4. The smallest absolute Gasteiger partial charge is 0.273 e. The van der Waals surface area contributed by atoms with Crippen molar-refractivity contribution in [2.24, 2.45) is 0 Å². The van der Waals surface area contributed by atoms with Gasteiger partial charge in [0.1, 0.15) is 5.69 Å². The van der Waals surface area contributed by atoms with Gasteiger partial charge in [0.25, 0.3) is 5.91 Å². The number of aromatic nitrogens is 1. The lowest BCUT2D eigenvalue weighted by Crippen LogP contribution is -2.33. The Balaban J connectivity index is 2.23. The fourth-order valence-corrected chi connectivity index (χ4v) is 2.63. The molecule has 0 radical (unpaired) electrons. The highest BCUT2D eigenvalue weighted by Gasteiger charge is 2.21. The molecule has 6 heteroatoms. The molecular weight excluding hydrogens is 264 g/mol. The number of aliphatic hydroxyl groups excluding tert-OH is 1. The molecule has 0 aliphatic carbocycles. The van der Waals surface area contributed by atoms with Gasteiger partial charge >= 0.3 is 0 Å². The summed E-state index contributed by atoms with van der Waals surface area (Å²) in [5.74, 6) is 0.470. The van der Waals surface area contributed by atoms with E-state index < -0.39 is 6.10 Å². The number of likely N-dealkylation sites (N-methyl/N-ethyl adjacent to an activating group) is 1. The van der Waals surface area contributed by atoms with Gasteiger partial charge in [0.05, 0.1) is 12.4 Å². The average Bonchev–Trinajstić information content (AvgIpc) is 2.95. The zero-order chi connectivity index (χ0) is 14.0. The summed E-state index contributed by atoms with van der Waals surface area (Å²) in [5.41, 5.74) is 0.416. The van der Waals surface area contributed by atoms with Crippen molar-refractivity contribution in [3.05, 3.63) is 29.0 Å². The van der Waals surface area contributed by atoms with Crippen molar-refractivity contribution in [1.82, 2.24) is 9.88 Å². The maximum atomic E-state index is 12.2. The van der Waals surface area contributed by atoms with Crippen molar-refractivity contribution in [1.29, 1.82) is 0 Å². The topological polar surface area (TPSA) is 66.6 Å². The minimum atomic E-state index is -0.558. The molecule has 1 amide bonds. The molecule has 0 fully saturated rings. The molecule has 2 rings (SSSR count). The highest BCUT2D eigenvalue weighted by atomic mass is 32.1. The monoisotopic (exact) mass is 280 g/mol. The first-order valence-electron chi connectivity index (χ1n) is 5.94. The summed E-state index contributed by atoms with van der Waals surface area (Å²) >= 11 is 1.42. The quantitative estimate of drug-likeness (QED) is 0.932. The number of rotatable bonds is 4. The van der Waals surface area contributed by atoms with E-state index in [2.05, 4.69) is 4.98 Å². The second-order valence-electron chi connectivity index (χ2n) is 4.44. The maximum absolute atomic E-state index is 12.2. The lowest BCUT2D eigenvalue weighted by Gasteiger charge is -2.17. The predicted molar refractivity (Wildman–Crippen MR) is 73.2 cm³/mol. The van der Waals surface area contributed by atoms with Crippen LogP contribution >= 0.6 is 11.3 Å². The number of nitrogens with zero attached hydrogens (tertiary/aromatic N) is 2. The van der Waals surface area contributed by atoms with E-state index >= 15 is 0 Å². The Morgan fingerprint density at radius 3 is 2.95 bits per heavy atom. The van der Waals surface area contributed by atoms with Crippen molar-refractivity contribution >= 4 is 17.2 Å². The SMILES string of the molecule is Cc1sc(-c2ccco2)nc1C(=O)N(C)CC(C)O. The summed E-state index contributed by atoms with van der Waals surface area (Å²) in [7, 11) is 1.65. The standard InChI is InChI=1S/C13H16N2O3S/c1-8(16)7-15(3)13(17)11-9(2)19-12(14-11)10-5-4-6-18-10/h4-6,8,16H,7H2,1-3H3. The molecule has 2 heterocycles. The van der Waals surface area contributed by atoms with E-state index in [-0.39, 0.29) is 12.5 Å². The van der Waals surface area contributed by atoms with Crippen LogP contribution in [-0.2, 0) is 0 Å². The molecule has 5 nitrogen and oxygen atoms in total. The summed E-state index contributed by atoms with van der Waals surface area (Å²) in [6.07, 6.45) is 1.02. The van der Waals surface area contributed by atoms with Crippen LogP contribution in [0.4, 0.5) is 0 Å². The van der Waals surface area contributed by atoms with Gasteiger partial charge in [0.2, 0.25) is 0 Å². The van der Waals surface area contributed by atoms with Crippen molar-refractivity contribution < 1.29 is 14.3 Å². The number of carbonyl (C=O) groups is 1. The van der Waals surface area contributed by atoms with Crippen molar-refractivity contribution in [3.63, 3.8) is 0 Å². The molecule has 1 unspecified atom stereocenters. The molecule has 2 aromatic rings. The van der Waals surface area contributed by atoms with Crippen LogP contribution in [0.5, 0.6) is 0 Å². The summed E-state index contributed by atoms with van der Waals surface area (Å²) in [5, 5.41) is 10.0. The van der Waals surface area contributed by atoms with Crippen LogP contribution in [0.15, 0.2) is 22.8 Å². The van der Waals surface area contributed by atoms with Gasteiger partial charge in [-0.3, -0.25) is 4.79 Å². The molecule has 2 aromatic heterocycles. The summed E-state index contributed by atoms with van der Waals surface area (Å²) < 4.78 is 5.28. The van der Waals surface area contributed by atoms with Crippen molar-refractivity contribution in [3.8, 4) is 10.8 Å². The van der Waals surface area contributed by atoms with Gasteiger partial charge < -0.3 is 14.4 Å². The van der Waals surface area contributed by atoms with E-state index in [1.54, 1.807) is 26.3 Å². The van der Waals surface area contributed by atoms with Crippen LogP contribution in [0.25, 0.3) is 10.8 Å². The molecular formula is C13H16N2O3S. The van der Waals surface area contributed by atoms with E-state index in [1.807, 2.05) is 13.0 Å². The molecule has 0 bridgehead atoms. The van der Waals surface area contributed by atoms with E-state index in [4.69, 9.17) is 4.42 Å². The lowest BCUT2D eigenvalue weighted by molar-refractivity contribution is 0.0698. The molecule has 0 aromatic carbocycles. The van der Waals surface area contributed by atoms with Crippen molar-refractivity contribution in [2.45, 2.75) is 20.0 Å². The van der Waals surface area contributed by atoms with Crippen LogP contribution in [0.3, 0.4) is 0 Å². The molecule has 0 aliphatic rings. The summed E-state index contributed by atoms with van der Waals surface area (Å²) in [6, 6.07) is 3.60. The van der Waals surface area contributed by atoms with Gasteiger partial charge in [-0.1, -0.05) is 0 Å². The van der Waals surface area contributed by atoms with E-state index in [0.29, 0.717) is 16.5 Å². The molecule has 0 saturated carbocycles. The van der Waals surface area contributed by atoms with Crippen molar-refractivity contribution in [2.75, 3.05) is 13.6 Å². The molecule has 19 heavy (non-hydrogen) atoms. The lowest BCUT2D eigenvalue weighted by atomic mass is 10.3. The Morgan fingerprint density at radius 1 is 1.63 bits per heavy atom. The minimum absolute atomic E-state index is 0.188. The van der Waals surface area contributed by atoms with E-state index in [0.717, 1.165) is 4.88 Å². The molecule has 0 spiro atoms. The highest BCUT2D eigenvalue weighted by Crippen LogP contribution is 2.28. The van der Waals surface area contributed by atoms with Crippen LogP contribution in [0.1, 0.15) is 22.3 Å². The van der Waals surface area contributed by atoms with Gasteiger partial charge in [0.15, 0.2) is 10.8 Å². The van der Waals surface area contributed by atoms with Gasteiger partial charge in [-0.05, 0) is 26.0 Å². The number of aliphatic hydroxyl groups is 1. The first-order valence-corrected chi connectivity index (χ1v) is 6.75. The fourth-order valence-electron chi connectivity index (χ4n) is 1.76. The Morgan fingerprint density at radius 2 is 2.37 bits per heavy atom. The van der Waals surface area contributed by atoms with E-state index in [9.17, 15) is 9.90 Å². The molecule has 1 atom stereocenters. The number of carbonyl (C=O) groups excluding carboxylic acids is 1. The Kier molecular flexibility index (Phi) is 4.01. The van der Waals surface area contributed by atoms with E-state index in [1.165, 1.54) is 16.2 Å². The third-order valence-electron chi connectivity index (χ3n) is 2.62. The van der Waals surface area contributed by atoms with Crippen LogP contribution in [0, 0.1) is 6.92 Å². The molecule has 102 valence electrons. The summed E-state index contributed by atoms with van der Waals surface area (Å²) in [4.78, 5) is 18.9. The minimum Gasteiger partial charge on any atom is -0.462 e. The number of aryl methyl sites for hydroxylation is 1. The number of amides is 1. The number of hydrogen-bond acceptors (Lipinski definition) is 5. The number of thiazole rings is 1. The Hall–Kier alpha value is -1.66. The van der Waals surface area contributed by atoms with Gasteiger partial charge in [-0.25, -0.2) is 4.98 Å². The second kappa shape index (κ2) is 5.54. The first-order chi connectivity index (χ1) is 8.99. The zero-order valence-corrected chi connectivity index (χ0v) is 11.9. The first kappa shape index (κ1) is 13.8. The Bertz CT molecular complexity index is 560. The number of furan rings is 1. The number of hydrogen-bond donors (Lipinski definition) is 1. The van der Waals surface area contributed by atoms with Crippen LogP contribution in [0.2, 0.25) is 0 Å². The molecule has 1 N–H and O–H groups in total. The van der Waals surface area contributed by atoms with Gasteiger partial charge in [-0.2, -0.15) is 0 Å². The van der Waals surface area contributed by atoms with Gasteiger partial charge in [0, 0.05) is 18.5 Å². The van der Waals surface area contributed by atoms with Gasteiger partial charge in [-0.15, -0.1) is 11.3 Å². The van der Waals surface area contributed by atoms with Crippen LogP contribution < -0.4 is 0 Å². The largest absolute Gasteiger partial charge is 0.462 e. The second-order valence-corrected chi connectivity index (χ2v) is 5.64. The molecule has 0 saturated heterocycles. The maximum Gasteiger partial charge on any atom is 0.273 e. The summed E-state index contributed by atoms with van der Waals surface area (Å²) in [6.45, 7) is 3.78. The third kappa shape index (κ3) is 3.02.